The topological polar surface area (TPSA) is 33.1 Å². The molecule has 0 unspecified atom stereocenters. The van der Waals surface area contributed by atoms with Crippen molar-refractivity contribution in [3.05, 3.63) is 216 Å². The predicted molar refractivity (Wildman–Crippen MR) is 312 cm³/mol. The number of hydrogen-bond acceptors (Lipinski definition) is 2. The average molecular weight is 1000 g/mol. The molecule has 0 radical (unpaired) electrons. The summed E-state index contributed by atoms with van der Waals surface area (Å²) in [5.74, 6) is 1.40. The first-order chi connectivity index (χ1) is 36.3. The van der Waals surface area contributed by atoms with Crippen LogP contribution in [-0.4, -0.2) is 15.6 Å². The van der Waals surface area contributed by atoms with Gasteiger partial charge in [0.05, 0.1) is 28.2 Å². The second-order valence-electron chi connectivity index (χ2n) is 23.1. The maximum Gasteiger partial charge on any atom is 0.503 e. The van der Waals surface area contributed by atoms with Crippen LogP contribution in [-0.2, 0) is 10.8 Å². The molecule has 0 bridgehead atoms. The Labute approximate surface area is 445 Å². The standard InChI is InChI=1S/C69H64F2N4O/c1-42(2)45-28-46(43(3)4)30-47(29-45)60-35-51(69(9,10)11)36-61(48-31-52(70)38-53(71)32-48)67(60)74-41-73(63-22-16-17-23-64(63)74)54-33-49(57-19-13-12-18-44(57)5)34-56(39-54)76-55-24-25-59-58-20-14-15-21-62(58)75(65(59)40-55)66-37-50(26-27-72-66)68(6,7)8/h12-40,42-43H,1-11H3/q+2. The third-order valence-corrected chi connectivity index (χ3v) is 14.9. The predicted octanol–water partition coefficient (Wildman–Crippen LogP) is 19.3. The molecule has 11 rings (SSSR count). The van der Waals surface area contributed by atoms with E-state index in [2.05, 4.69) is 229 Å². The van der Waals surface area contributed by atoms with Crippen LogP contribution < -0.4 is 13.9 Å². The first-order valence-electron chi connectivity index (χ1n) is 26.4. The molecule has 3 heterocycles. The van der Waals surface area contributed by atoms with Gasteiger partial charge in [0.15, 0.2) is 0 Å². The molecular weight excluding hydrogens is 939 g/mol. The van der Waals surface area contributed by atoms with Crippen molar-refractivity contribution in [3.8, 4) is 50.7 Å². The normalized spacial score (nSPS) is 12.7. The number of rotatable bonds is 10. The van der Waals surface area contributed by atoms with Gasteiger partial charge in [-0.05, 0) is 149 Å². The van der Waals surface area contributed by atoms with Gasteiger partial charge in [0.2, 0.25) is 11.4 Å². The van der Waals surface area contributed by atoms with E-state index in [0.29, 0.717) is 22.6 Å². The van der Waals surface area contributed by atoms with Gasteiger partial charge in [-0.25, -0.2) is 13.8 Å². The smallest absolute Gasteiger partial charge is 0.457 e. The van der Waals surface area contributed by atoms with E-state index >= 15 is 8.78 Å². The summed E-state index contributed by atoms with van der Waals surface area (Å²) in [7, 11) is 0. The Bertz CT molecular complexity index is 3980. The molecule has 0 atom stereocenters. The Hall–Kier alpha value is -8.25. The van der Waals surface area contributed by atoms with E-state index in [1.807, 2.05) is 24.4 Å². The van der Waals surface area contributed by atoms with Crippen molar-refractivity contribution < 1.29 is 13.5 Å². The number of fused-ring (bicyclic) bond motifs is 4. The van der Waals surface area contributed by atoms with Crippen LogP contribution in [0, 0.1) is 18.6 Å². The Morgan fingerprint density at radius 3 is 1.76 bits per heavy atom. The van der Waals surface area contributed by atoms with E-state index < -0.39 is 11.6 Å². The number of aryl methyl sites for hydroxylation is 1. The number of halogens is 2. The lowest BCUT2D eigenvalue weighted by atomic mass is 9.81. The maximum atomic E-state index is 15.6. The molecule has 0 spiro atoms. The van der Waals surface area contributed by atoms with Crippen LogP contribution in [0.2, 0.25) is 0 Å². The number of benzene rings is 8. The fourth-order valence-electron chi connectivity index (χ4n) is 10.6. The number of nitrogens with zero attached hydrogens (tertiary/aromatic N) is 4. The molecule has 0 fully saturated rings. The summed E-state index contributed by atoms with van der Waals surface area (Å²) in [6.07, 6.45) is 1.90. The van der Waals surface area contributed by atoms with E-state index in [-0.39, 0.29) is 22.7 Å². The molecule has 0 saturated heterocycles. The van der Waals surface area contributed by atoms with Crippen LogP contribution in [0.15, 0.2) is 176 Å². The molecule has 0 aliphatic carbocycles. The van der Waals surface area contributed by atoms with Gasteiger partial charge in [0, 0.05) is 47.3 Å². The van der Waals surface area contributed by atoms with Crippen molar-refractivity contribution in [2.75, 3.05) is 0 Å². The zero-order valence-corrected chi connectivity index (χ0v) is 45.4. The van der Waals surface area contributed by atoms with Gasteiger partial charge in [0.1, 0.15) is 29.0 Å². The van der Waals surface area contributed by atoms with Crippen molar-refractivity contribution in [1.29, 1.82) is 0 Å². The molecular formula is C69H64F2N4O+2. The molecule has 5 nitrogen and oxygen atoms in total. The number of para-hydroxylation sites is 3. The third-order valence-electron chi connectivity index (χ3n) is 14.9. The lowest BCUT2D eigenvalue weighted by molar-refractivity contribution is 0.483. The summed E-state index contributed by atoms with van der Waals surface area (Å²) < 4.78 is 44.6. The molecule has 0 saturated carbocycles. The molecule has 378 valence electrons. The van der Waals surface area contributed by atoms with Gasteiger partial charge in [0.25, 0.3) is 11.4 Å². The lowest BCUT2D eigenvalue weighted by Crippen LogP contribution is -2.13. The van der Waals surface area contributed by atoms with Gasteiger partial charge >= 0.3 is 6.01 Å². The second-order valence-corrected chi connectivity index (χ2v) is 23.1. The van der Waals surface area contributed by atoms with Crippen LogP contribution >= 0.6 is 0 Å². The molecule has 0 amide bonds. The first kappa shape index (κ1) is 49.9. The minimum Gasteiger partial charge on any atom is -0.457 e. The Balaban J connectivity index is 1.16. The Kier molecular flexibility index (Phi) is 12.6. The third kappa shape index (κ3) is 9.35. The summed E-state index contributed by atoms with van der Waals surface area (Å²) >= 11 is 0. The van der Waals surface area contributed by atoms with E-state index in [4.69, 9.17) is 9.72 Å². The highest BCUT2D eigenvalue weighted by Crippen LogP contribution is 2.48. The monoisotopic (exact) mass is 1000 g/mol. The van der Waals surface area contributed by atoms with Gasteiger partial charge in [-0.15, -0.1) is 0 Å². The molecule has 1 aliphatic rings. The van der Waals surface area contributed by atoms with E-state index in [9.17, 15) is 0 Å². The van der Waals surface area contributed by atoms with Crippen molar-refractivity contribution >= 4 is 50.6 Å². The maximum absolute atomic E-state index is 15.6. The average Bonchev–Trinajstić information content (AvgIpc) is 3.97. The van der Waals surface area contributed by atoms with Crippen molar-refractivity contribution in [3.63, 3.8) is 0 Å². The van der Waals surface area contributed by atoms with Crippen LogP contribution in [0.4, 0.5) is 31.5 Å². The Morgan fingerprint density at radius 1 is 0.513 bits per heavy atom. The van der Waals surface area contributed by atoms with Gasteiger partial charge in [-0.1, -0.05) is 142 Å². The minimum atomic E-state index is -0.642. The number of ether oxygens (including phenoxy) is 1. The highest BCUT2D eigenvalue weighted by Gasteiger charge is 2.40. The molecule has 10 aromatic rings. The molecule has 8 aromatic carbocycles. The molecule has 2 aromatic heterocycles. The zero-order chi connectivity index (χ0) is 53.4. The zero-order valence-electron chi connectivity index (χ0n) is 45.4. The van der Waals surface area contributed by atoms with Crippen LogP contribution in [0.25, 0.3) is 61.0 Å². The van der Waals surface area contributed by atoms with Crippen LogP contribution in [0.3, 0.4) is 0 Å². The molecule has 1 aliphatic heterocycles. The summed E-state index contributed by atoms with van der Waals surface area (Å²) in [4.78, 5) is 4.93. The van der Waals surface area contributed by atoms with Crippen molar-refractivity contribution in [2.24, 2.45) is 0 Å². The fraction of sp³-hybridized carbons (Fsp3) is 0.217. The van der Waals surface area contributed by atoms with E-state index in [1.165, 1.54) is 28.8 Å². The van der Waals surface area contributed by atoms with Gasteiger partial charge in [-0.3, -0.25) is 4.57 Å². The highest BCUT2D eigenvalue weighted by molar-refractivity contribution is 6.09. The summed E-state index contributed by atoms with van der Waals surface area (Å²) in [5.41, 5.74) is 15.9. The van der Waals surface area contributed by atoms with Crippen LogP contribution in [0.1, 0.15) is 109 Å². The Morgan fingerprint density at radius 2 is 1.11 bits per heavy atom. The fourth-order valence-corrected chi connectivity index (χ4v) is 10.6. The van der Waals surface area contributed by atoms with Gasteiger partial charge in [-0.2, -0.15) is 0 Å². The molecule has 76 heavy (non-hydrogen) atoms. The summed E-state index contributed by atoms with van der Waals surface area (Å²) in [6, 6.07) is 61.0. The van der Waals surface area contributed by atoms with E-state index in [0.717, 1.165) is 89.8 Å². The molecule has 7 heteroatoms. The second kappa shape index (κ2) is 19.2. The quantitative estimate of drug-likeness (QED) is 0.128. The summed E-state index contributed by atoms with van der Waals surface area (Å²) in [6.45, 7) is 24.2. The largest absolute Gasteiger partial charge is 0.503 e. The van der Waals surface area contributed by atoms with Crippen LogP contribution in [0.5, 0.6) is 11.5 Å². The van der Waals surface area contributed by atoms with Crippen molar-refractivity contribution in [2.45, 2.75) is 98.8 Å². The van der Waals surface area contributed by atoms with E-state index in [1.54, 1.807) is 0 Å². The number of pyridine rings is 1. The molecule has 0 N–H and O–H groups in total. The lowest BCUT2D eigenvalue weighted by Gasteiger charge is -2.23. The van der Waals surface area contributed by atoms with Crippen molar-refractivity contribution in [1.82, 2.24) is 18.7 Å². The number of hydrogen-bond donors (Lipinski definition) is 0. The van der Waals surface area contributed by atoms with Gasteiger partial charge < -0.3 is 4.74 Å². The summed E-state index contributed by atoms with van der Waals surface area (Å²) in [5, 5.41) is 2.24. The minimum absolute atomic E-state index is 0.0641. The number of aromatic nitrogens is 2. The SMILES string of the molecule is Cc1ccccc1-c1cc(Oc2ccc3c4ccccc4n(-c4cc(C(C)(C)C)ccn4)c3c2)cc([N+]2=C=[N+](c3c(-c4cc(F)cc(F)c4)cc(C(C)(C)C)cc3-c3cc(C(C)C)cc(C(C)C)c3)c3ccccc32)c1. The highest BCUT2D eigenvalue weighted by atomic mass is 19.1. The first-order valence-corrected chi connectivity index (χ1v) is 26.4.